The summed E-state index contributed by atoms with van der Waals surface area (Å²) >= 11 is 0. The highest BCUT2D eigenvalue weighted by molar-refractivity contribution is 6.70. The molecule has 0 aromatic rings. The van der Waals surface area contributed by atoms with E-state index in [1.54, 1.807) is 0 Å². The Bertz CT molecular complexity index is 325. The predicted molar refractivity (Wildman–Crippen MR) is 78.2 cm³/mol. The van der Waals surface area contributed by atoms with Gasteiger partial charge in [-0.25, -0.2) is 0 Å². The third kappa shape index (κ3) is 1.74. The maximum absolute atomic E-state index is 6.28. The molecule has 19 heavy (non-hydrogen) atoms. The van der Waals surface area contributed by atoms with E-state index in [1.165, 1.54) is 51.4 Å². The first-order valence-corrected chi connectivity index (χ1v) is 10.3. The van der Waals surface area contributed by atoms with Crippen molar-refractivity contribution in [1.29, 1.82) is 0 Å². The molecule has 6 atom stereocenters. The van der Waals surface area contributed by atoms with Gasteiger partial charge in [-0.2, -0.15) is 0 Å². The van der Waals surface area contributed by atoms with Crippen LogP contribution in [-0.4, -0.2) is 22.8 Å². The highest BCUT2D eigenvalue weighted by Gasteiger charge is 2.62. The van der Waals surface area contributed by atoms with Gasteiger partial charge in [-0.15, -0.1) is 0 Å². The van der Waals surface area contributed by atoms with E-state index in [-0.39, 0.29) is 0 Å². The number of fused-ring (bicyclic) bond motifs is 4. The van der Waals surface area contributed by atoms with E-state index in [1.807, 2.05) is 14.2 Å². The van der Waals surface area contributed by atoms with Crippen molar-refractivity contribution >= 4 is 8.56 Å². The standard InChI is InChI=1S/C16H28O2Si/c1-17-19(18-2,15-9-11-3-5-13(15)7-11)16-10-12-4-6-14(16)8-12/h11-16H,3-10H2,1-2H3. The SMILES string of the molecule is CO[Si](OC)(C1CC2CCC1C2)C1CC2CCC1C2. The molecule has 0 heterocycles. The van der Waals surface area contributed by atoms with Crippen LogP contribution in [0.4, 0.5) is 0 Å². The predicted octanol–water partition coefficient (Wildman–Crippen LogP) is 4.10. The van der Waals surface area contributed by atoms with Crippen molar-refractivity contribution in [2.24, 2.45) is 23.7 Å². The van der Waals surface area contributed by atoms with E-state index in [2.05, 4.69) is 0 Å². The molecule has 4 aliphatic rings. The molecule has 2 nitrogen and oxygen atoms in total. The van der Waals surface area contributed by atoms with Gasteiger partial charge in [-0.05, 0) is 49.4 Å². The monoisotopic (exact) mass is 280 g/mol. The van der Waals surface area contributed by atoms with E-state index in [0.29, 0.717) is 0 Å². The maximum atomic E-state index is 6.28. The van der Waals surface area contributed by atoms with Crippen LogP contribution in [0, 0.1) is 23.7 Å². The molecule has 3 heteroatoms. The third-order valence-corrected chi connectivity index (χ3v) is 11.9. The molecule has 0 N–H and O–H groups in total. The molecule has 4 rings (SSSR count). The molecule has 0 amide bonds. The first-order valence-electron chi connectivity index (χ1n) is 8.37. The minimum atomic E-state index is -1.98. The summed E-state index contributed by atoms with van der Waals surface area (Å²) < 4.78 is 12.6. The first kappa shape index (κ1) is 12.8. The summed E-state index contributed by atoms with van der Waals surface area (Å²) in [5, 5.41) is 0. The second-order valence-corrected chi connectivity index (χ2v) is 11.4. The zero-order chi connectivity index (χ0) is 13.0. The molecule has 0 saturated heterocycles. The molecule has 0 aromatic carbocycles. The van der Waals surface area contributed by atoms with E-state index in [9.17, 15) is 0 Å². The summed E-state index contributed by atoms with van der Waals surface area (Å²) in [6, 6.07) is 0. The Labute approximate surface area is 118 Å². The van der Waals surface area contributed by atoms with Crippen LogP contribution in [0.2, 0.25) is 11.1 Å². The van der Waals surface area contributed by atoms with E-state index in [4.69, 9.17) is 8.85 Å². The van der Waals surface area contributed by atoms with Crippen molar-refractivity contribution in [1.82, 2.24) is 0 Å². The van der Waals surface area contributed by atoms with Crippen molar-refractivity contribution in [2.75, 3.05) is 14.2 Å². The van der Waals surface area contributed by atoms with Gasteiger partial charge >= 0.3 is 8.56 Å². The minimum absolute atomic E-state index is 0.811. The van der Waals surface area contributed by atoms with E-state index in [0.717, 1.165) is 34.8 Å². The van der Waals surface area contributed by atoms with Crippen molar-refractivity contribution < 1.29 is 8.85 Å². The maximum Gasteiger partial charge on any atom is 0.344 e. The zero-order valence-corrected chi connectivity index (χ0v) is 13.4. The summed E-state index contributed by atoms with van der Waals surface area (Å²) in [5.41, 5.74) is 1.62. The molecule has 0 spiro atoms. The van der Waals surface area contributed by atoms with Crippen LogP contribution in [0.5, 0.6) is 0 Å². The molecule has 108 valence electrons. The lowest BCUT2D eigenvalue weighted by Crippen LogP contribution is -2.52. The molecule has 4 aliphatic carbocycles. The van der Waals surface area contributed by atoms with Gasteiger partial charge in [0.25, 0.3) is 0 Å². The van der Waals surface area contributed by atoms with Crippen LogP contribution in [0.1, 0.15) is 51.4 Å². The van der Waals surface area contributed by atoms with Crippen LogP contribution in [-0.2, 0) is 8.85 Å². The summed E-state index contributed by atoms with van der Waals surface area (Å²) in [6.07, 6.45) is 11.7. The fourth-order valence-electron chi connectivity index (χ4n) is 6.44. The molecular weight excluding hydrogens is 252 g/mol. The Kier molecular flexibility index (Phi) is 3.09. The molecular formula is C16H28O2Si. The summed E-state index contributed by atoms with van der Waals surface area (Å²) in [6.45, 7) is 0. The first-order chi connectivity index (χ1) is 9.26. The average Bonchev–Trinajstić information content (AvgIpc) is 3.21. The Morgan fingerprint density at radius 3 is 1.42 bits per heavy atom. The summed E-state index contributed by atoms with van der Waals surface area (Å²) in [5.74, 6) is 3.89. The van der Waals surface area contributed by atoms with Gasteiger partial charge in [0.15, 0.2) is 0 Å². The average molecular weight is 280 g/mol. The lowest BCUT2D eigenvalue weighted by atomic mass is 9.99. The van der Waals surface area contributed by atoms with Crippen molar-refractivity contribution in [3.63, 3.8) is 0 Å². The molecule has 0 aromatic heterocycles. The highest BCUT2D eigenvalue weighted by atomic mass is 28.4. The second-order valence-electron chi connectivity index (χ2n) is 7.69. The van der Waals surface area contributed by atoms with Crippen LogP contribution < -0.4 is 0 Å². The molecule has 6 unspecified atom stereocenters. The Hall–Kier alpha value is 0.137. The smallest absolute Gasteiger partial charge is 0.344 e. The van der Waals surface area contributed by atoms with Gasteiger partial charge in [-0.1, -0.05) is 25.7 Å². The Balaban J connectivity index is 1.62. The molecule has 0 radical (unpaired) electrons. The normalized spacial score (nSPS) is 48.3. The van der Waals surface area contributed by atoms with E-state index >= 15 is 0 Å². The highest BCUT2D eigenvalue weighted by Crippen LogP contribution is 2.64. The minimum Gasteiger partial charge on any atom is -0.397 e. The van der Waals surface area contributed by atoms with Crippen molar-refractivity contribution in [3.8, 4) is 0 Å². The van der Waals surface area contributed by atoms with Gasteiger partial charge < -0.3 is 8.85 Å². The van der Waals surface area contributed by atoms with Crippen LogP contribution >= 0.6 is 0 Å². The third-order valence-electron chi connectivity index (χ3n) is 7.15. The summed E-state index contributed by atoms with van der Waals surface area (Å²) in [7, 11) is 1.95. The topological polar surface area (TPSA) is 18.5 Å². The fraction of sp³-hybridized carbons (Fsp3) is 1.00. The van der Waals surface area contributed by atoms with Gasteiger partial charge in [0, 0.05) is 25.3 Å². The van der Waals surface area contributed by atoms with Gasteiger partial charge in [-0.3, -0.25) is 0 Å². The van der Waals surface area contributed by atoms with Gasteiger partial charge in [0.1, 0.15) is 0 Å². The van der Waals surface area contributed by atoms with E-state index < -0.39 is 8.56 Å². The van der Waals surface area contributed by atoms with Gasteiger partial charge in [0.05, 0.1) is 0 Å². The molecule has 4 fully saturated rings. The Morgan fingerprint density at radius 2 is 1.16 bits per heavy atom. The summed E-state index contributed by atoms with van der Waals surface area (Å²) in [4.78, 5) is 0. The Morgan fingerprint density at radius 1 is 0.684 bits per heavy atom. The van der Waals surface area contributed by atoms with Crippen LogP contribution in [0.3, 0.4) is 0 Å². The molecule has 4 saturated carbocycles. The van der Waals surface area contributed by atoms with Crippen LogP contribution in [0.15, 0.2) is 0 Å². The number of hydrogen-bond acceptors (Lipinski definition) is 2. The van der Waals surface area contributed by atoms with Crippen molar-refractivity contribution in [2.45, 2.75) is 62.4 Å². The lowest BCUT2D eigenvalue weighted by Gasteiger charge is -2.44. The fourth-order valence-corrected chi connectivity index (χ4v) is 11.6. The van der Waals surface area contributed by atoms with Gasteiger partial charge in [0.2, 0.25) is 0 Å². The quantitative estimate of drug-likeness (QED) is 0.722. The number of hydrogen-bond donors (Lipinski definition) is 0. The largest absolute Gasteiger partial charge is 0.397 e. The molecule has 0 aliphatic heterocycles. The zero-order valence-electron chi connectivity index (χ0n) is 12.4. The molecule has 4 bridgehead atoms. The van der Waals surface area contributed by atoms with Crippen LogP contribution in [0.25, 0.3) is 0 Å². The lowest BCUT2D eigenvalue weighted by molar-refractivity contribution is 0.186. The van der Waals surface area contributed by atoms with Crippen molar-refractivity contribution in [3.05, 3.63) is 0 Å². The number of rotatable bonds is 4. The second kappa shape index (κ2) is 4.57.